The molecule has 0 fully saturated rings. The van der Waals surface area contributed by atoms with E-state index < -0.39 is 6.09 Å². The molecular formula is C20H16N2O2. The van der Waals surface area contributed by atoms with Crippen molar-refractivity contribution in [1.82, 2.24) is 9.55 Å². The predicted molar refractivity (Wildman–Crippen MR) is 94.1 cm³/mol. The first kappa shape index (κ1) is 14.5. The highest BCUT2D eigenvalue weighted by atomic mass is 16.5. The van der Waals surface area contributed by atoms with Crippen LogP contribution in [0.1, 0.15) is 5.56 Å². The van der Waals surface area contributed by atoms with Crippen molar-refractivity contribution >= 4 is 27.6 Å². The van der Waals surface area contributed by atoms with Gasteiger partial charge in [-0.05, 0) is 33.2 Å². The minimum Gasteiger partial charge on any atom is -0.449 e. The summed E-state index contributed by atoms with van der Waals surface area (Å²) in [6, 6.07) is 18.8. The Kier molecular flexibility index (Phi) is 3.71. The third kappa shape index (κ3) is 2.63. The van der Waals surface area contributed by atoms with Crippen molar-refractivity contribution in [2.75, 3.05) is 6.61 Å². The number of ether oxygens (including phenoxy) is 1. The van der Waals surface area contributed by atoms with Gasteiger partial charge in [-0.25, -0.2) is 14.3 Å². The lowest BCUT2D eigenvalue weighted by atomic mass is 9.95. The zero-order chi connectivity index (χ0) is 16.4. The molecule has 0 saturated carbocycles. The van der Waals surface area contributed by atoms with E-state index in [4.69, 9.17) is 4.74 Å². The summed E-state index contributed by atoms with van der Waals surface area (Å²) in [7, 11) is 0. The molecule has 4 heteroatoms. The molecule has 0 radical (unpaired) electrons. The van der Waals surface area contributed by atoms with Crippen LogP contribution in [0.3, 0.4) is 0 Å². The summed E-state index contributed by atoms with van der Waals surface area (Å²) in [5.74, 6) is 0. The Hall–Kier alpha value is -3.14. The van der Waals surface area contributed by atoms with Gasteiger partial charge < -0.3 is 4.74 Å². The summed E-state index contributed by atoms with van der Waals surface area (Å²) in [6.07, 6.45) is 4.84. The molecule has 4 rings (SSSR count). The molecule has 0 atom stereocenters. The molecule has 0 unspecified atom stereocenters. The molecule has 0 aliphatic rings. The highest BCUT2D eigenvalue weighted by molar-refractivity contribution is 6.02. The number of carbonyl (C=O) groups is 1. The maximum Gasteiger partial charge on any atom is 0.419 e. The summed E-state index contributed by atoms with van der Waals surface area (Å²) >= 11 is 0. The van der Waals surface area contributed by atoms with Crippen molar-refractivity contribution in [1.29, 1.82) is 0 Å². The minimum absolute atomic E-state index is 0.328. The van der Waals surface area contributed by atoms with E-state index in [-0.39, 0.29) is 0 Å². The molecule has 0 amide bonds. The van der Waals surface area contributed by atoms with Gasteiger partial charge in [-0.1, -0.05) is 48.5 Å². The van der Waals surface area contributed by atoms with Crippen LogP contribution in [0.4, 0.5) is 4.79 Å². The van der Waals surface area contributed by atoms with Crippen LogP contribution in [-0.2, 0) is 11.2 Å². The van der Waals surface area contributed by atoms with Crippen molar-refractivity contribution in [3.63, 3.8) is 0 Å². The Morgan fingerprint density at radius 1 is 1.00 bits per heavy atom. The lowest BCUT2D eigenvalue weighted by Crippen LogP contribution is -2.13. The topological polar surface area (TPSA) is 44.1 Å². The van der Waals surface area contributed by atoms with E-state index in [1.54, 1.807) is 12.4 Å². The Morgan fingerprint density at radius 3 is 2.29 bits per heavy atom. The van der Waals surface area contributed by atoms with Crippen molar-refractivity contribution in [2.24, 2.45) is 0 Å². The number of hydrogen-bond acceptors (Lipinski definition) is 3. The lowest BCUT2D eigenvalue weighted by molar-refractivity contribution is 0.149. The van der Waals surface area contributed by atoms with E-state index in [2.05, 4.69) is 35.3 Å². The quantitative estimate of drug-likeness (QED) is 0.526. The van der Waals surface area contributed by atoms with E-state index >= 15 is 0 Å². The maximum atomic E-state index is 11.9. The molecule has 0 aliphatic carbocycles. The van der Waals surface area contributed by atoms with Gasteiger partial charge in [0.15, 0.2) is 0 Å². The fourth-order valence-corrected chi connectivity index (χ4v) is 3.06. The van der Waals surface area contributed by atoms with Crippen LogP contribution in [0.2, 0.25) is 0 Å². The first-order valence-electron chi connectivity index (χ1n) is 7.87. The minimum atomic E-state index is -0.406. The van der Waals surface area contributed by atoms with Crippen molar-refractivity contribution in [3.8, 4) is 0 Å². The molecule has 1 heterocycles. The van der Waals surface area contributed by atoms with Gasteiger partial charge in [0, 0.05) is 18.8 Å². The molecule has 0 bridgehead atoms. The van der Waals surface area contributed by atoms with Crippen LogP contribution in [0, 0.1) is 0 Å². The largest absolute Gasteiger partial charge is 0.449 e. The molecule has 4 aromatic rings. The number of rotatable bonds is 3. The van der Waals surface area contributed by atoms with Gasteiger partial charge in [-0.3, -0.25) is 0 Å². The zero-order valence-electron chi connectivity index (χ0n) is 13.1. The molecule has 0 N–H and O–H groups in total. The first-order valence-corrected chi connectivity index (χ1v) is 7.87. The summed E-state index contributed by atoms with van der Waals surface area (Å²) in [6.45, 7) is 0.328. The Morgan fingerprint density at radius 2 is 1.67 bits per heavy atom. The van der Waals surface area contributed by atoms with E-state index in [0.717, 1.165) is 0 Å². The number of imidazole rings is 1. The summed E-state index contributed by atoms with van der Waals surface area (Å²) in [4.78, 5) is 15.8. The van der Waals surface area contributed by atoms with Crippen LogP contribution >= 0.6 is 0 Å². The van der Waals surface area contributed by atoms with Gasteiger partial charge in [-0.15, -0.1) is 0 Å². The van der Waals surface area contributed by atoms with Crippen LogP contribution in [-0.4, -0.2) is 22.3 Å². The Bertz CT molecular complexity index is 953. The second-order valence-corrected chi connectivity index (χ2v) is 5.63. The monoisotopic (exact) mass is 316 g/mol. The number of aromatic nitrogens is 2. The standard InChI is InChI=1S/C20H16N2O2/c23-20(22-11-10-21-14-22)24-12-9-19-17-7-3-1-5-15(17)13-16-6-2-4-8-18(16)19/h1-8,10-11,13-14H,9,12H2. The van der Waals surface area contributed by atoms with Gasteiger partial charge in [0.05, 0.1) is 6.61 Å². The average molecular weight is 316 g/mol. The van der Waals surface area contributed by atoms with Gasteiger partial charge >= 0.3 is 6.09 Å². The third-order valence-corrected chi connectivity index (χ3v) is 4.18. The van der Waals surface area contributed by atoms with E-state index in [1.807, 2.05) is 24.3 Å². The number of benzene rings is 3. The molecule has 0 saturated heterocycles. The van der Waals surface area contributed by atoms with Crippen LogP contribution in [0.15, 0.2) is 73.3 Å². The molecule has 4 nitrogen and oxygen atoms in total. The lowest BCUT2D eigenvalue weighted by Gasteiger charge is -2.12. The summed E-state index contributed by atoms with van der Waals surface area (Å²) < 4.78 is 6.71. The average Bonchev–Trinajstić information content (AvgIpc) is 3.16. The van der Waals surface area contributed by atoms with E-state index in [9.17, 15) is 4.79 Å². The highest BCUT2D eigenvalue weighted by Crippen LogP contribution is 2.28. The van der Waals surface area contributed by atoms with E-state index in [1.165, 1.54) is 38.0 Å². The fourth-order valence-electron chi connectivity index (χ4n) is 3.06. The van der Waals surface area contributed by atoms with Gasteiger partial charge in [0.1, 0.15) is 6.33 Å². The summed E-state index contributed by atoms with van der Waals surface area (Å²) in [5, 5.41) is 4.81. The Labute approximate surface area is 139 Å². The second-order valence-electron chi connectivity index (χ2n) is 5.63. The second kappa shape index (κ2) is 6.16. The molecule has 0 aliphatic heterocycles. The number of carbonyl (C=O) groups excluding carboxylic acids is 1. The highest BCUT2D eigenvalue weighted by Gasteiger charge is 2.09. The number of fused-ring (bicyclic) bond motifs is 2. The Balaban J connectivity index is 1.65. The van der Waals surface area contributed by atoms with Crippen LogP contribution in [0.5, 0.6) is 0 Å². The normalized spacial score (nSPS) is 11.0. The van der Waals surface area contributed by atoms with Crippen molar-refractivity contribution in [2.45, 2.75) is 6.42 Å². The maximum absolute atomic E-state index is 11.9. The molecule has 118 valence electrons. The number of nitrogens with zero attached hydrogens (tertiary/aromatic N) is 2. The van der Waals surface area contributed by atoms with Crippen LogP contribution in [0.25, 0.3) is 21.5 Å². The first-order chi connectivity index (χ1) is 11.8. The SMILES string of the molecule is O=C(OCCc1c2ccccc2cc2ccccc12)n1ccnc1. The molecule has 0 spiro atoms. The van der Waals surface area contributed by atoms with Crippen molar-refractivity contribution in [3.05, 3.63) is 78.9 Å². The smallest absolute Gasteiger partial charge is 0.419 e. The van der Waals surface area contributed by atoms with E-state index in [0.29, 0.717) is 13.0 Å². The zero-order valence-corrected chi connectivity index (χ0v) is 13.1. The molecule has 3 aromatic carbocycles. The molecule has 24 heavy (non-hydrogen) atoms. The van der Waals surface area contributed by atoms with Gasteiger partial charge in [-0.2, -0.15) is 0 Å². The van der Waals surface area contributed by atoms with Crippen LogP contribution < -0.4 is 0 Å². The molecule has 1 aromatic heterocycles. The molecular weight excluding hydrogens is 300 g/mol. The number of hydrogen-bond donors (Lipinski definition) is 0. The van der Waals surface area contributed by atoms with Gasteiger partial charge in [0.25, 0.3) is 0 Å². The van der Waals surface area contributed by atoms with Gasteiger partial charge in [0.2, 0.25) is 0 Å². The van der Waals surface area contributed by atoms with Crippen molar-refractivity contribution < 1.29 is 9.53 Å². The summed E-state index contributed by atoms with van der Waals surface area (Å²) in [5.41, 5.74) is 1.21. The predicted octanol–water partition coefficient (Wildman–Crippen LogP) is 4.42. The fraction of sp³-hybridized carbons (Fsp3) is 0.100. The third-order valence-electron chi connectivity index (χ3n) is 4.18.